The third kappa shape index (κ3) is 7.41. The van der Waals surface area contributed by atoms with Crippen molar-refractivity contribution >= 4 is 21.8 Å². The molecule has 0 saturated heterocycles. The maximum absolute atomic E-state index is 6.64. The Morgan fingerprint density at radius 3 is 2.29 bits per heavy atom. The maximum atomic E-state index is 6.64. The third-order valence-electron chi connectivity index (χ3n) is 10.2. The van der Waals surface area contributed by atoms with Gasteiger partial charge >= 0.3 is 0 Å². The summed E-state index contributed by atoms with van der Waals surface area (Å²) in [6.45, 7) is 18.1. The van der Waals surface area contributed by atoms with Crippen molar-refractivity contribution in [3.63, 3.8) is 0 Å². The second-order valence-electron chi connectivity index (χ2n) is 16.2. The first-order valence-electron chi connectivity index (χ1n) is 18.9. The van der Waals surface area contributed by atoms with E-state index in [1.807, 2.05) is 29.1 Å². The fraction of sp³-hybridized carbons (Fsp3) is 0.319. The Hall–Kier alpha value is -5.16. The fourth-order valence-electron chi connectivity index (χ4n) is 7.67. The van der Waals surface area contributed by atoms with Crippen LogP contribution >= 0.6 is 0 Å². The number of hydrogen-bond acceptors (Lipinski definition) is 3. The van der Waals surface area contributed by atoms with Crippen LogP contribution in [0.15, 0.2) is 109 Å². The van der Waals surface area contributed by atoms with Crippen LogP contribution in [0.1, 0.15) is 89.2 Å². The van der Waals surface area contributed by atoms with Crippen molar-refractivity contribution < 1.29 is 4.74 Å². The van der Waals surface area contributed by atoms with Gasteiger partial charge in [-0.3, -0.25) is 4.57 Å². The third-order valence-corrected chi connectivity index (χ3v) is 10.2. The van der Waals surface area contributed by atoms with Gasteiger partial charge in [0.05, 0.1) is 22.4 Å². The van der Waals surface area contributed by atoms with Crippen LogP contribution in [0.3, 0.4) is 0 Å². The summed E-state index contributed by atoms with van der Waals surface area (Å²) in [7, 11) is 0. The molecule has 3 heterocycles. The van der Waals surface area contributed by atoms with Crippen molar-refractivity contribution in [3.05, 3.63) is 132 Å². The van der Waals surface area contributed by atoms with Crippen molar-refractivity contribution in [2.45, 2.75) is 87.0 Å². The molecule has 0 fully saturated rings. The molecule has 0 N–H and O–H groups in total. The van der Waals surface area contributed by atoms with E-state index in [0.29, 0.717) is 5.92 Å². The highest BCUT2D eigenvalue weighted by Crippen LogP contribution is 2.38. The van der Waals surface area contributed by atoms with Gasteiger partial charge < -0.3 is 4.74 Å². The van der Waals surface area contributed by atoms with Crippen LogP contribution in [0.2, 0.25) is 0 Å². The van der Waals surface area contributed by atoms with Crippen LogP contribution in [0, 0.1) is 25.2 Å². The highest BCUT2D eigenvalue weighted by atomic mass is 16.5. The Balaban J connectivity index is 1.28. The van der Waals surface area contributed by atoms with Gasteiger partial charge in [0.15, 0.2) is 0 Å². The molecular formula is C47H52N4O. The van der Waals surface area contributed by atoms with E-state index in [1.165, 1.54) is 52.3 Å². The summed E-state index contributed by atoms with van der Waals surface area (Å²) >= 11 is 0. The lowest BCUT2D eigenvalue weighted by molar-refractivity contribution is 0.411. The minimum absolute atomic E-state index is 0.173. The van der Waals surface area contributed by atoms with Gasteiger partial charge in [-0.25, -0.2) is 9.67 Å². The molecule has 1 unspecified atom stereocenters. The lowest BCUT2D eigenvalue weighted by Gasteiger charge is -2.18. The SMILES string of the molecule is Cc1nn(-c2cccc(Oc3ccc4c5cc(C(C)CCCC(C)C)ccc5n(-c5cc(CC(C)(C)C)ccn5)c4c3)c2)c(C)c1-c1ccccc1. The van der Waals surface area contributed by atoms with E-state index in [1.54, 1.807) is 0 Å². The minimum Gasteiger partial charge on any atom is -0.457 e. The molecule has 4 aromatic carbocycles. The van der Waals surface area contributed by atoms with Crippen molar-refractivity contribution in [1.29, 1.82) is 0 Å². The summed E-state index contributed by atoms with van der Waals surface area (Å²) in [4.78, 5) is 4.94. The summed E-state index contributed by atoms with van der Waals surface area (Å²) in [6, 6.07) is 36.6. The topological polar surface area (TPSA) is 44.9 Å². The first kappa shape index (κ1) is 35.3. The van der Waals surface area contributed by atoms with E-state index < -0.39 is 0 Å². The molecule has 0 aliphatic carbocycles. The van der Waals surface area contributed by atoms with Gasteiger partial charge in [0.2, 0.25) is 0 Å². The number of rotatable bonds is 11. The molecule has 0 amide bonds. The zero-order chi connectivity index (χ0) is 36.6. The molecule has 1 atom stereocenters. The zero-order valence-electron chi connectivity index (χ0n) is 32.1. The monoisotopic (exact) mass is 688 g/mol. The molecule has 0 spiro atoms. The standard InChI is InChI=1S/C47H52N4O/c1-31(2)14-12-15-32(3)37-20-23-43-42(27-37)41-22-21-40(29-44(41)50(43)45-26-35(24-25-48-45)30-47(6,7)8)52-39-19-13-18-38(28-39)51-34(5)46(33(4)49-51)36-16-10-9-11-17-36/h9-11,13,16-29,31-32H,12,14-15,30H2,1-8H3. The maximum Gasteiger partial charge on any atom is 0.137 e. The van der Waals surface area contributed by atoms with Crippen LogP contribution < -0.4 is 4.74 Å². The summed E-state index contributed by atoms with van der Waals surface area (Å²) in [6.07, 6.45) is 6.64. The van der Waals surface area contributed by atoms with Crippen molar-refractivity contribution in [2.24, 2.45) is 11.3 Å². The average Bonchev–Trinajstić information content (AvgIpc) is 3.59. The molecule has 7 aromatic rings. The number of ether oxygens (including phenoxy) is 1. The molecule has 7 rings (SSSR count). The second kappa shape index (κ2) is 14.5. The van der Waals surface area contributed by atoms with E-state index in [0.717, 1.165) is 57.8 Å². The van der Waals surface area contributed by atoms with Gasteiger partial charge in [0.1, 0.15) is 17.3 Å². The molecule has 3 aromatic heterocycles. The van der Waals surface area contributed by atoms with Crippen molar-refractivity contribution in [3.8, 4) is 34.1 Å². The number of pyridine rings is 1. The number of benzene rings is 4. The summed E-state index contributed by atoms with van der Waals surface area (Å²) < 4.78 is 11.0. The smallest absolute Gasteiger partial charge is 0.137 e. The Morgan fingerprint density at radius 1 is 0.731 bits per heavy atom. The predicted octanol–water partition coefficient (Wildman–Crippen LogP) is 13.0. The molecule has 0 bridgehead atoms. The van der Waals surface area contributed by atoms with Crippen LogP contribution in [0.5, 0.6) is 11.5 Å². The lowest BCUT2D eigenvalue weighted by Crippen LogP contribution is -2.10. The van der Waals surface area contributed by atoms with E-state index in [9.17, 15) is 0 Å². The minimum atomic E-state index is 0.173. The zero-order valence-corrected chi connectivity index (χ0v) is 32.1. The molecule has 0 aliphatic rings. The molecule has 5 nitrogen and oxygen atoms in total. The first-order valence-corrected chi connectivity index (χ1v) is 18.9. The van der Waals surface area contributed by atoms with E-state index in [4.69, 9.17) is 14.8 Å². The van der Waals surface area contributed by atoms with Gasteiger partial charge in [-0.15, -0.1) is 0 Å². The van der Waals surface area contributed by atoms with Gasteiger partial charge in [0.25, 0.3) is 0 Å². The number of aromatic nitrogens is 4. The number of hydrogen-bond donors (Lipinski definition) is 0. The summed E-state index contributed by atoms with van der Waals surface area (Å²) in [5.74, 6) is 3.70. The molecule has 0 saturated carbocycles. The fourth-order valence-corrected chi connectivity index (χ4v) is 7.67. The molecule has 52 heavy (non-hydrogen) atoms. The van der Waals surface area contributed by atoms with Crippen LogP contribution in [-0.2, 0) is 6.42 Å². The number of nitrogens with zero attached hydrogens (tertiary/aromatic N) is 4. The Bertz CT molecular complexity index is 2340. The highest BCUT2D eigenvalue weighted by Gasteiger charge is 2.19. The summed E-state index contributed by atoms with van der Waals surface area (Å²) in [5.41, 5.74) is 10.5. The van der Waals surface area contributed by atoms with Gasteiger partial charge in [-0.2, -0.15) is 5.10 Å². The van der Waals surface area contributed by atoms with Gasteiger partial charge in [-0.05, 0) is 109 Å². The average molecular weight is 689 g/mol. The van der Waals surface area contributed by atoms with Crippen LogP contribution in [0.25, 0.3) is 44.4 Å². The Labute approximate surface area is 309 Å². The van der Waals surface area contributed by atoms with E-state index in [2.05, 4.69) is 145 Å². The second-order valence-corrected chi connectivity index (χ2v) is 16.2. The van der Waals surface area contributed by atoms with Crippen LogP contribution in [-0.4, -0.2) is 19.3 Å². The Kier molecular flexibility index (Phi) is 9.80. The number of fused-ring (bicyclic) bond motifs is 3. The largest absolute Gasteiger partial charge is 0.457 e. The van der Waals surface area contributed by atoms with Crippen molar-refractivity contribution in [2.75, 3.05) is 0 Å². The Morgan fingerprint density at radius 2 is 1.52 bits per heavy atom. The van der Waals surface area contributed by atoms with E-state index in [-0.39, 0.29) is 5.41 Å². The molecule has 0 radical (unpaired) electrons. The quantitative estimate of drug-likeness (QED) is 0.136. The van der Waals surface area contributed by atoms with Crippen molar-refractivity contribution in [1.82, 2.24) is 19.3 Å². The van der Waals surface area contributed by atoms with Gasteiger partial charge in [0, 0.05) is 40.4 Å². The van der Waals surface area contributed by atoms with Gasteiger partial charge in [-0.1, -0.05) is 96.8 Å². The van der Waals surface area contributed by atoms with Crippen LogP contribution in [0.4, 0.5) is 0 Å². The molecule has 5 heteroatoms. The first-order chi connectivity index (χ1) is 24.9. The molecule has 0 aliphatic heterocycles. The lowest BCUT2D eigenvalue weighted by atomic mass is 9.88. The normalized spacial score (nSPS) is 12.6. The molecule has 266 valence electrons. The predicted molar refractivity (Wildman–Crippen MR) is 217 cm³/mol. The number of aryl methyl sites for hydroxylation is 1. The molecular weight excluding hydrogens is 637 g/mol. The highest BCUT2D eigenvalue weighted by molar-refractivity contribution is 6.09. The summed E-state index contributed by atoms with van der Waals surface area (Å²) in [5, 5.41) is 7.39. The van der Waals surface area contributed by atoms with E-state index >= 15 is 0 Å².